The molecule has 0 radical (unpaired) electrons. The first-order valence-electron chi connectivity index (χ1n) is 38.0. The lowest BCUT2D eigenvalue weighted by Crippen LogP contribution is -2.32. The summed E-state index contributed by atoms with van der Waals surface area (Å²) in [7, 11) is 0. The fourth-order valence-electron chi connectivity index (χ4n) is 21.1. The molecular weight excluding hydrogens is 1300 g/mol. The SMILES string of the molecule is C1=CC2c3ccc(-c4ccc5c(c4)c4cc(-c6ccc7c(c6)C6(c8ccccc8-c8ccccc86)c6ccccc6-7)ccc4n5-c4ccc(-c5ccc6c(c5)c5ccccc5n6-c5ccc(-c6c7ccccc7c(-c7ccccc7)c7ccccc67)cc5)cc4)cc3C3(c4ccccc4-c4ccccc43)C2C=C1. The number of para-hydroxylation sites is 1. The first-order chi connectivity index (χ1) is 53.6. The van der Waals surface area contributed by atoms with Crippen LogP contribution in [0.4, 0.5) is 0 Å². The second-order valence-electron chi connectivity index (χ2n) is 30.4. The van der Waals surface area contributed by atoms with Crippen molar-refractivity contribution >= 4 is 65.2 Å². The smallest absolute Gasteiger partial charge is 0.0725 e. The van der Waals surface area contributed by atoms with E-state index in [0.29, 0.717) is 0 Å². The molecule has 2 unspecified atom stereocenters. The third kappa shape index (κ3) is 8.00. The summed E-state index contributed by atoms with van der Waals surface area (Å²) in [6.07, 6.45) is 9.49. The summed E-state index contributed by atoms with van der Waals surface area (Å²) in [5, 5.41) is 9.92. The van der Waals surface area contributed by atoms with Crippen molar-refractivity contribution in [2.24, 2.45) is 5.92 Å². The van der Waals surface area contributed by atoms with Gasteiger partial charge in [-0.25, -0.2) is 0 Å². The topological polar surface area (TPSA) is 9.86 Å². The van der Waals surface area contributed by atoms with Crippen LogP contribution in [0, 0.1) is 5.92 Å². The van der Waals surface area contributed by atoms with E-state index in [1.807, 2.05) is 0 Å². The Balaban J connectivity index is 0.638. The quantitative estimate of drug-likeness (QED) is 0.141. The molecule has 0 fully saturated rings. The summed E-state index contributed by atoms with van der Waals surface area (Å²) in [4.78, 5) is 0. The second kappa shape index (κ2) is 22.4. The number of hydrogen-bond acceptors (Lipinski definition) is 0. The molecule has 0 aliphatic heterocycles. The zero-order chi connectivity index (χ0) is 70.5. The Hall–Kier alpha value is -13.7. The highest BCUT2D eigenvalue weighted by Gasteiger charge is 2.57. The van der Waals surface area contributed by atoms with E-state index in [0.717, 1.165) is 11.4 Å². The van der Waals surface area contributed by atoms with E-state index in [1.165, 1.54) is 199 Å². The molecule has 2 heterocycles. The van der Waals surface area contributed by atoms with Gasteiger partial charge in [0.1, 0.15) is 0 Å². The highest BCUT2D eigenvalue weighted by Crippen LogP contribution is 2.67. The minimum Gasteiger partial charge on any atom is -0.309 e. The maximum atomic E-state index is 2.57. The number of rotatable bonds is 7. The summed E-state index contributed by atoms with van der Waals surface area (Å²) in [6, 6.07) is 138. The van der Waals surface area contributed by atoms with Gasteiger partial charge in [0.05, 0.1) is 32.9 Å². The standard InChI is InChI=1S/C106H66N2/c1-2-22-66(23-3-1)103-84-31-4-6-33-86(84)104(87-34-7-5-32-85(87)103)67-44-53-74(54-45-67)107-99-41-21-14-30-83(99)88-60-68(48-57-100(88)107)65-42-51-73(52-43-65)108-101-58-49-69(71-46-55-81-79-28-12-19-39-95(79)105(97(81)63-71)91-35-15-8-24-75(91)76-25-9-16-36-92(76)105)61-89(101)90-62-70(50-59-102(90)108)72-47-56-82-80-29-13-20-40-96(80)106(98(82)64-72)93-37-17-10-26-77(93)78-27-11-18-38-94(78)106/h1-64,79,95H. The minimum atomic E-state index is -0.444. The van der Waals surface area contributed by atoms with Crippen LogP contribution in [0.15, 0.2) is 388 Å². The van der Waals surface area contributed by atoms with Gasteiger partial charge in [-0.1, -0.05) is 309 Å². The summed E-state index contributed by atoms with van der Waals surface area (Å²) >= 11 is 0. The number of allylic oxidation sites excluding steroid dienone is 4. The first kappa shape index (κ1) is 59.7. The zero-order valence-corrected chi connectivity index (χ0v) is 59.0. The predicted octanol–water partition coefficient (Wildman–Crippen LogP) is 27.0. The Bertz CT molecular complexity index is 7010. The summed E-state index contributed by atoms with van der Waals surface area (Å²) in [5.74, 6) is 0.521. The Kier molecular flexibility index (Phi) is 12.4. The largest absolute Gasteiger partial charge is 0.309 e. The molecule has 0 N–H and O–H groups in total. The van der Waals surface area contributed by atoms with E-state index in [-0.39, 0.29) is 17.3 Å². The highest BCUT2D eigenvalue weighted by molar-refractivity contribution is 6.22. The van der Waals surface area contributed by atoms with Crippen molar-refractivity contribution in [1.29, 1.82) is 0 Å². The van der Waals surface area contributed by atoms with Crippen LogP contribution < -0.4 is 0 Å². The lowest BCUT2D eigenvalue weighted by atomic mass is 9.65. The molecule has 0 saturated carbocycles. The minimum absolute atomic E-state index is 0.253. The van der Waals surface area contributed by atoms with Crippen LogP contribution in [0.3, 0.4) is 0 Å². The Morgan fingerprint density at radius 1 is 0.213 bits per heavy atom. The van der Waals surface area contributed by atoms with Crippen molar-refractivity contribution in [2.75, 3.05) is 0 Å². The lowest BCUT2D eigenvalue weighted by molar-refractivity contribution is 0.465. The molecule has 5 aliphatic carbocycles. The van der Waals surface area contributed by atoms with Crippen molar-refractivity contribution in [3.05, 3.63) is 433 Å². The highest BCUT2D eigenvalue weighted by atomic mass is 15.0. The van der Waals surface area contributed by atoms with Crippen molar-refractivity contribution in [1.82, 2.24) is 9.13 Å². The summed E-state index contributed by atoms with van der Waals surface area (Å²) < 4.78 is 4.95. The van der Waals surface area contributed by atoms with E-state index in [2.05, 4.69) is 397 Å². The van der Waals surface area contributed by atoms with Crippen molar-refractivity contribution in [3.63, 3.8) is 0 Å². The predicted molar refractivity (Wildman–Crippen MR) is 450 cm³/mol. The van der Waals surface area contributed by atoms with Gasteiger partial charge >= 0.3 is 0 Å². The maximum Gasteiger partial charge on any atom is 0.0725 e. The van der Waals surface area contributed by atoms with Gasteiger partial charge in [0.2, 0.25) is 0 Å². The van der Waals surface area contributed by atoms with E-state index in [9.17, 15) is 0 Å². The van der Waals surface area contributed by atoms with Crippen molar-refractivity contribution in [2.45, 2.75) is 16.7 Å². The van der Waals surface area contributed by atoms with Gasteiger partial charge in [-0.05, 0) is 234 Å². The molecule has 19 aromatic rings. The monoisotopic (exact) mass is 1370 g/mol. The van der Waals surface area contributed by atoms with Crippen LogP contribution in [0.2, 0.25) is 0 Å². The molecule has 2 aromatic heterocycles. The van der Waals surface area contributed by atoms with Gasteiger partial charge in [-0.3, -0.25) is 0 Å². The van der Waals surface area contributed by atoms with Crippen molar-refractivity contribution < 1.29 is 0 Å². The molecule has 17 aromatic carbocycles. The number of fused-ring (bicyclic) bond motifs is 28. The summed E-state index contributed by atoms with van der Waals surface area (Å²) in [6.45, 7) is 0. The van der Waals surface area contributed by atoms with Gasteiger partial charge in [-0.2, -0.15) is 0 Å². The molecule has 2 atom stereocenters. The number of hydrogen-bond donors (Lipinski definition) is 0. The van der Waals surface area contributed by atoms with E-state index in [1.54, 1.807) is 0 Å². The van der Waals surface area contributed by atoms with E-state index >= 15 is 0 Å². The van der Waals surface area contributed by atoms with Crippen LogP contribution in [0.1, 0.15) is 50.4 Å². The van der Waals surface area contributed by atoms with Crippen molar-refractivity contribution in [3.8, 4) is 100 Å². The Morgan fingerprint density at radius 3 is 1.07 bits per heavy atom. The molecule has 500 valence electrons. The molecule has 108 heavy (non-hydrogen) atoms. The van der Waals surface area contributed by atoms with Gasteiger partial charge in [-0.15, -0.1) is 0 Å². The van der Waals surface area contributed by atoms with Gasteiger partial charge < -0.3 is 9.13 Å². The number of benzene rings is 17. The van der Waals surface area contributed by atoms with Crippen LogP contribution in [0.5, 0.6) is 0 Å². The van der Waals surface area contributed by atoms with Gasteiger partial charge in [0, 0.05) is 44.8 Å². The fraction of sp³-hybridized carbons (Fsp3) is 0.0377. The molecule has 0 amide bonds. The average Bonchev–Trinajstić information content (AvgIpc) is 1.52. The Labute approximate surface area is 626 Å². The normalized spacial score (nSPS) is 15.5. The average molecular weight is 1370 g/mol. The number of nitrogens with zero attached hydrogens (tertiary/aromatic N) is 2. The van der Waals surface area contributed by atoms with Gasteiger partial charge in [0.25, 0.3) is 0 Å². The molecule has 2 nitrogen and oxygen atoms in total. The third-order valence-corrected chi connectivity index (χ3v) is 25.4. The van der Waals surface area contributed by atoms with Crippen LogP contribution >= 0.6 is 0 Å². The second-order valence-corrected chi connectivity index (χ2v) is 30.4. The summed E-state index contributed by atoms with van der Waals surface area (Å²) in [5.41, 5.74) is 37.3. The molecule has 0 saturated heterocycles. The zero-order valence-electron chi connectivity index (χ0n) is 59.0. The molecule has 24 rings (SSSR count). The Morgan fingerprint density at radius 2 is 0.556 bits per heavy atom. The molecule has 2 spiro atoms. The first-order valence-corrected chi connectivity index (χ1v) is 38.0. The lowest BCUT2D eigenvalue weighted by Gasteiger charge is -2.36. The number of aromatic nitrogens is 2. The molecular formula is C106H66N2. The third-order valence-electron chi connectivity index (χ3n) is 25.4. The van der Waals surface area contributed by atoms with E-state index < -0.39 is 5.41 Å². The molecule has 2 heteroatoms. The van der Waals surface area contributed by atoms with Crippen LogP contribution in [-0.2, 0) is 10.8 Å². The molecule has 0 bridgehead atoms. The van der Waals surface area contributed by atoms with Crippen LogP contribution in [0.25, 0.3) is 166 Å². The fourth-order valence-corrected chi connectivity index (χ4v) is 21.1. The van der Waals surface area contributed by atoms with E-state index in [4.69, 9.17) is 0 Å². The maximum absolute atomic E-state index is 2.57. The van der Waals surface area contributed by atoms with Crippen LogP contribution in [-0.4, -0.2) is 9.13 Å². The van der Waals surface area contributed by atoms with Gasteiger partial charge in [0.15, 0.2) is 0 Å². The molecule has 5 aliphatic rings.